The third-order valence-electron chi connectivity index (χ3n) is 3.13. The van der Waals surface area contributed by atoms with E-state index in [-0.39, 0.29) is 5.79 Å². The lowest BCUT2D eigenvalue weighted by molar-refractivity contribution is -0.186. The average Bonchev–Trinajstić information content (AvgIpc) is 2.56. The molecule has 0 aliphatic carbocycles. The van der Waals surface area contributed by atoms with Gasteiger partial charge in [0.25, 0.3) is 0 Å². The molecule has 0 amide bonds. The topological polar surface area (TPSA) is 21.7 Å². The van der Waals surface area contributed by atoms with E-state index in [0.717, 1.165) is 39.1 Å². The predicted molar refractivity (Wildman–Crippen MR) is 59.8 cm³/mol. The molecule has 0 aromatic rings. The summed E-state index contributed by atoms with van der Waals surface area (Å²) >= 11 is 0. The molecule has 0 saturated carbocycles. The highest BCUT2D eigenvalue weighted by Gasteiger charge is 2.40. The summed E-state index contributed by atoms with van der Waals surface area (Å²) in [5.41, 5.74) is 0.391. The molecule has 0 radical (unpaired) electrons. The summed E-state index contributed by atoms with van der Waals surface area (Å²) in [5.74, 6) is -0.214. The molecule has 0 unspecified atom stereocenters. The number of nitrogens with zero attached hydrogens (tertiary/aromatic N) is 1. The van der Waals surface area contributed by atoms with E-state index in [1.807, 2.05) is 0 Å². The molecule has 2 saturated heterocycles. The molecule has 1 spiro atoms. The molecule has 0 aromatic carbocycles. The molecule has 2 heterocycles. The van der Waals surface area contributed by atoms with Crippen molar-refractivity contribution in [3.63, 3.8) is 0 Å². The smallest absolute Gasteiger partial charge is 0.170 e. The van der Waals surface area contributed by atoms with Gasteiger partial charge in [-0.2, -0.15) is 0 Å². The predicted octanol–water partition coefficient (Wildman–Crippen LogP) is 1.87. The van der Waals surface area contributed by atoms with Crippen LogP contribution in [0.5, 0.6) is 0 Å². The zero-order valence-corrected chi connectivity index (χ0v) is 10.2. The van der Waals surface area contributed by atoms with Crippen LogP contribution in [0.25, 0.3) is 0 Å². The average molecular weight is 213 g/mol. The minimum Gasteiger partial charge on any atom is -0.347 e. The van der Waals surface area contributed by atoms with Crippen LogP contribution in [0.2, 0.25) is 0 Å². The van der Waals surface area contributed by atoms with Gasteiger partial charge in [-0.15, -0.1) is 0 Å². The standard InChI is InChI=1S/C12H23NO2/c1-11(2,3)10-13-6-4-12(5-7-13)14-8-9-15-12/h4-10H2,1-3H3. The number of piperidine rings is 1. The first-order valence-corrected chi connectivity index (χ1v) is 5.99. The van der Waals surface area contributed by atoms with Crippen molar-refractivity contribution >= 4 is 0 Å². The van der Waals surface area contributed by atoms with Gasteiger partial charge < -0.3 is 14.4 Å². The summed E-state index contributed by atoms with van der Waals surface area (Å²) < 4.78 is 11.4. The highest BCUT2D eigenvalue weighted by molar-refractivity contribution is 4.84. The van der Waals surface area contributed by atoms with Gasteiger partial charge in [0.15, 0.2) is 5.79 Å². The lowest BCUT2D eigenvalue weighted by Crippen LogP contribution is -2.47. The fraction of sp³-hybridized carbons (Fsp3) is 1.00. The summed E-state index contributed by atoms with van der Waals surface area (Å²) in [5, 5.41) is 0. The molecular formula is C12H23NO2. The maximum atomic E-state index is 5.71. The minimum absolute atomic E-state index is 0.214. The summed E-state index contributed by atoms with van der Waals surface area (Å²) in [6.07, 6.45) is 2.06. The Hall–Kier alpha value is -0.120. The van der Waals surface area contributed by atoms with E-state index in [1.165, 1.54) is 6.54 Å². The fourth-order valence-corrected chi connectivity index (χ4v) is 2.51. The van der Waals surface area contributed by atoms with Crippen molar-refractivity contribution < 1.29 is 9.47 Å². The van der Waals surface area contributed by atoms with Gasteiger partial charge >= 0.3 is 0 Å². The van der Waals surface area contributed by atoms with E-state index in [4.69, 9.17) is 9.47 Å². The van der Waals surface area contributed by atoms with Gasteiger partial charge in [0, 0.05) is 32.5 Å². The van der Waals surface area contributed by atoms with Crippen LogP contribution < -0.4 is 0 Å². The van der Waals surface area contributed by atoms with Crippen molar-refractivity contribution in [2.24, 2.45) is 5.41 Å². The van der Waals surface area contributed by atoms with Crippen molar-refractivity contribution in [2.75, 3.05) is 32.8 Å². The summed E-state index contributed by atoms with van der Waals surface area (Å²) in [4.78, 5) is 2.52. The number of hydrogen-bond acceptors (Lipinski definition) is 3. The van der Waals surface area contributed by atoms with Gasteiger partial charge in [-0.1, -0.05) is 20.8 Å². The van der Waals surface area contributed by atoms with Crippen molar-refractivity contribution in [1.82, 2.24) is 4.90 Å². The largest absolute Gasteiger partial charge is 0.347 e. The Morgan fingerprint density at radius 3 is 2.07 bits per heavy atom. The second kappa shape index (κ2) is 4.04. The van der Waals surface area contributed by atoms with E-state index in [2.05, 4.69) is 25.7 Å². The molecule has 88 valence electrons. The molecule has 3 heteroatoms. The third kappa shape index (κ3) is 2.92. The Bertz CT molecular complexity index is 206. The van der Waals surface area contributed by atoms with Crippen LogP contribution in [-0.2, 0) is 9.47 Å². The SMILES string of the molecule is CC(C)(C)CN1CCC2(CC1)OCCO2. The van der Waals surface area contributed by atoms with Crippen LogP contribution in [0.15, 0.2) is 0 Å². The molecular weight excluding hydrogens is 190 g/mol. The van der Waals surface area contributed by atoms with Gasteiger partial charge in [-0.25, -0.2) is 0 Å². The Morgan fingerprint density at radius 1 is 1.07 bits per heavy atom. The Balaban J connectivity index is 1.81. The monoisotopic (exact) mass is 213 g/mol. The molecule has 0 aromatic heterocycles. The first kappa shape index (κ1) is 11.4. The molecule has 2 fully saturated rings. The minimum atomic E-state index is -0.214. The Kier molecular flexibility index (Phi) is 3.06. The molecule has 2 aliphatic heterocycles. The highest BCUT2D eigenvalue weighted by Crippen LogP contribution is 2.32. The second-order valence-corrected chi connectivity index (χ2v) is 5.94. The Morgan fingerprint density at radius 2 is 1.60 bits per heavy atom. The number of hydrogen-bond donors (Lipinski definition) is 0. The maximum Gasteiger partial charge on any atom is 0.170 e. The second-order valence-electron chi connectivity index (χ2n) is 5.94. The highest BCUT2D eigenvalue weighted by atomic mass is 16.7. The molecule has 15 heavy (non-hydrogen) atoms. The van der Waals surface area contributed by atoms with Crippen molar-refractivity contribution in [2.45, 2.75) is 39.4 Å². The first-order valence-electron chi connectivity index (χ1n) is 5.99. The van der Waals surface area contributed by atoms with Crippen LogP contribution >= 0.6 is 0 Å². The maximum absolute atomic E-state index is 5.71. The molecule has 2 rings (SSSR count). The number of rotatable bonds is 1. The Labute approximate surface area is 92.7 Å². The summed E-state index contributed by atoms with van der Waals surface area (Å²) in [6, 6.07) is 0. The lowest BCUT2D eigenvalue weighted by Gasteiger charge is -2.39. The zero-order valence-electron chi connectivity index (χ0n) is 10.2. The third-order valence-corrected chi connectivity index (χ3v) is 3.13. The van der Waals surface area contributed by atoms with Crippen LogP contribution in [0.4, 0.5) is 0 Å². The van der Waals surface area contributed by atoms with Gasteiger partial charge in [0.2, 0.25) is 0 Å². The van der Waals surface area contributed by atoms with E-state index >= 15 is 0 Å². The van der Waals surface area contributed by atoms with Gasteiger partial charge in [0.05, 0.1) is 13.2 Å². The van der Waals surface area contributed by atoms with Gasteiger partial charge in [-0.3, -0.25) is 0 Å². The van der Waals surface area contributed by atoms with Crippen molar-refractivity contribution in [3.8, 4) is 0 Å². The summed E-state index contributed by atoms with van der Waals surface area (Å²) in [6.45, 7) is 11.8. The summed E-state index contributed by atoms with van der Waals surface area (Å²) in [7, 11) is 0. The van der Waals surface area contributed by atoms with E-state index in [1.54, 1.807) is 0 Å². The molecule has 0 atom stereocenters. The quantitative estimate of drug-likeness (QED) is 0.664. The molecule has 2 aliphatic rings. The number of likely N-dealkylation sites (tertiary alicyclic amines) is 1. The van der Waals surface area contributed by atoms with Crippen LogP contribution in [-0.4, -0.2) is 43.5 Å². The first-order chi connectivity index (χ1) is 6.99. The van der Waals surface area contributed by atoms with Gasteiger partial charge in [-0.05, 0) is 5.41 Å². The molecule has 0 bridgehead atoms. The van der Waals surface area contributed by atoms with Gasteiger partial charge in [0.1, 0.15) is 0 Å². The molecule has 3 nitrogen and oxygen atoms in total. The van der Waals surface area contributed by atoms with Crippen molar-refractivity contribution in [3.05, 3.63) is 0 Å². The lowest BCUT2D eigenvalue weighted by atomic mass is 9.94. The van der Waals surface area contributed by atoms with E-state index in [9.17, 15) is 0 Å². The van der Waals surface area contributed by atoms with E-state index in [0.29, 0.717) is 5.41 Å². The zero-order chi connectivity index (χ0) is 10.9. The van der Waals surface area contributed by atoms with E-state index < -0.39 is 0 Å². The fourth-order valence-electron chi connectivity index (χ4n) is 2.51. The number of ether oxygens (including phenoxy) is 2. The normalized spacial score (nSPS) is 27.4. The van der Waals surface area contributed by atoms with Crippen LogP contribution in [0, 0.1) is 5.41 Å². The molecule has 0 N–H and O–H groups in total. The van der Waals surface area contributed by atoms with Crippen LogP contribution in [0.1, 0.15) is 33.6 Å². The van der Waals surface area contributed by atoms with Crippen molar-refractivity contribution in [1.29, 1.82) is 0 Å². The van der Waals surface area contributed by atoms with Crippen LogP contribution in [0.3, 0.4) is 0 Å².